The van der Waals surface area contributed by atoms with Gasteiger partial charge in [-0.1, -0.05) is 0 Å². The quantitative estimate of drug-likeness (QED) is 0.424. The van der Waals surface area contributed by atoms with E-state index in [2.05, 4.69) is 0 Å². The molecule has 2 aliphatic heterocycles. The number of esters is 5. The first-order chi connectivity index (χ1) is 12.6. The molecule has 0 aromatic carbocycles. The van der Waals surface area contributed by atoms with Crippen LogP contribution in [0.2, 0.25) is 0 Å². The first-order valence-corrected chi connectivity index (χ1v) is 8.11. The molecule has 0 aromatic heterocycles. The lowest BCUT2D eigenvalue weighted by Gasteiger charge is -2.41. The van der Waals surface area contributed by atoms with Crippen molar-refractivity contribution in [2.45, 2.75) is 64.3 Å². The van der Waals surface area contributed by atoms with E-state index in [9.17, 15) is 24.0 Å². The van der Waals surface area contributed by atoms with Gasteiger partial charge in [-0.15, -0.1) is 0 Å². The van der Waals surface area contributed by atoms with Gasteiger partial charge in [-0.05, 0) is 0 Å². The van der Waals surface area contributed by atoms with Gasteiger partial charge in [0, 0.05) is 27.7 Å². The van der Waals surface area contributed by atoms with Crippen LogP contribution in [-0.4, -0.2) is 73.1 Å². The number of rotatable bonds is 5. The third-order valence-corrected chi connectivity index (χ3v) is 3.80. The van der Waals surface area contributed by atoms with Crippen molar-refractivity contribution in [3.63, 3.8) is 0 Å². The highest BCUT2D eigenvalue weighted by Crippen LogP contribution is 2.35. The highest BCUT2D eigenvalue weighted by molar-refractivity contribution is 5.81. The zero-order chi connectivity index (χ0) is 20.3. The van der Waals surface area contributed by atoms with Crippen molar-refractivity contribution in [2.75, 3.05) is 6.61 Å². The van der Waals surface area contributed by atoms with Crippen LogP contribution in [0.15, 0.2) is 0 Å². The molecule has 2 heterocycles. The standard InChI is InChI=1S/C16H20O11/c1-6(17)22-5-10-11(23-7(2)18)12(24-8(3)19)13-14(26-10)15(16(21)27-13)25-9(4)20/h10-15H,5H2,1-4H3/t10-,11-,12+,13-,14?,15?/m1/s1. The first kappa shape index (κ1) is 20.6. The topological polar surface area (TPSA) is 141 Å². The second-order valence-corrected chi connectivity index (χ2v) is 6.02. The Bertz CT molecular complexity index is 642. The third kappa shape index (κ3) is 4.94. The van der Waals surface area contributed by atoms with Crippen LogP contribution in [0.3, 0.4) is 0 Å². The molecule has 0 aromatic rings. The predicted octanol–water partition coefficient (Wildman–Crippen LogP) is -0.963. The van der Waals surface area contributed by atoms with Crippen molar-refractivity contribution in [1.82, 2.24) is 0 Å². The van der Waals surface area contributed by atoms with E-state index in [1.54, 1.807) is 0 Å². The fourth-order valence-electron chi connectivity index (χ4n) is 2.94. The molecule has 2 aliphatic rings. The molecule has 11 heteroatoms. The minimum absolute atomic E-state index is 0.352. The van der Waals surface area contributed by atoms with Crippen LogP contribution in [0.1, 0.15) is 27.7 Å². The summed E-state index contributed by atoms with van der Waals surface area (Å²) < 4.78 is 31.1. The minimum Gasteiger partial charge on any atom is -0.463 e. The summed E-state index contributed by atoms with van der Waals surface area (Å²) in [5.74, 6) is -3.71. The van der Waals surface area contributed by atoms with E-state index in [0.717, 1.165) is 20.8 Å². The number of carbonyl (C=O) groups excluding carboxylic acids is 5. The SMILES string of the molecule is CC(=O)OC[C@H]1OC2C(OC(C)=O)C(=O)O[C@@H]2[C@@H](OC(C)=O)[C@@H]1OC(C)=O. The molecule has 27 heavy (non-hydrogen) atoms. The van der Waals surface area contributed by atoms with Gasteiger partial charge in [0.2, 0.25) is 6.10 Å². The molecule has 11 nitrogen and oxygen atoms in total. The van der Waals surface area contributed by atoms with E-state index in [0.29, 0.717) is 0 Å². The summed E-state index contributed by atoms with van der Waals surface area (Å²) in [5.41, 5.74) is 0. The normalized spacial score (nSPS) is 31.9. The monoisotopic (exact) mass is 388 g/mol. The Morgan fingerprint density at radius 3 is 1.89 bits per heavy atom. The number of hydrogen-bond donors (Lipinski definition) is 0. The molecule has 2 saturated heterocycles. The Balaban J connectivity index is 2.36. The van der Waals surface area contributed by atoms with Gasteiger partial charge in [-0.2, -0.15) is 0 Å². The molecule has 0 saturated carbocycles. The van der Waals surface area contributed by atoms with Crippen molar-refractivity contribution in [2.24, 2.45) is 0 Å². The average Bonchev–Trinajstić information content (AvgIpc) is 2.82. The fraction of sp³-hybridized carbons (Fsp3) is 0.688. The van der Waals surface area contributed by atoms with Gasteiger partial charge in [-0.25, -0.2) is 4.79 Å². The van der Waals surface area contributed by atoms with Crippen LogP contribution in [0.25, 0.3) is 0 Å². The van der Waals surface area contributed by atoms with Crippen molar-refractivity contribution in [3.05, 3.63) is 0 Å². The number of hydrogen-bond acceptors (Lipinski definition) is 11. The second kappa shape index (κ2) is 8.33. The molecule has 2 unspecified atom stereocenters. The van der Waals surface area contributed by atoms with E-state index >= 15 is 0 Å². The summed E-state index contributed by atoms with van der Waals surface area (Å²) in [6, 6.07) is 0. The van der Waals surface area contributed by atoms with Crippen LogP contribution < -0.4 is 0 Å². The molecular formula is C16H20O11. The number of ether oxygens (including phenoxy) is 6. The molecule has 0 amide bonds. The van der Waals surface area contributed by atoms with Crippen molar-refractivity contribution >= 4 is 29.8 Å². The van der Waals surface area contributed by atoms with Gasteiger partial charge in [0.15, 0.2) is 18.3 Å². The molecule has 0 bridgehead atoms. The highest BCUT2D eigenvalue weighted by Gasteiger charge is 2.60. The van der Waals surface area contributed by atoms with Crippen LogP contribution >= 0.6 is 0 Å². The first-order valence-electron chi connectivity index (χ1n) is 8.11. The van der Waals surface area contributed by atoms with Crippen molar-refractivity contribution in [3.8, 4) is 0 Å². The zero-order valence-electron chi connectivity index (χ0n) is 15.2. The van der Waals surface area contributed by atoms with Gasteiger partial charge in [0.1, 0.15) is 18.8 Å². The molecule has 6 atom stereocenters. The molecule has 0 radical (unpaired) electrons. The van der Waals surface area contributed by atoms with Gasteiger partial charge in [0.05, 0.1) is 0 Å². The van der Waals surface area contributed by atoms with Gasteiger partial charge in [0.25, 0.3) is 0 Å². The molecular weight excluding hydrogens is 368 g/mol. The molecule has 2 rings (SSSR count). The zero-order valence-corrected chi connectivity index (χ0v) is 15.2. The molecule has 0 spiro atoms. The summed E-state index contributed by atoms with van der Waals surface area (Å²) in [6.07, 6.45) is -7.26. The van der Waals surface area contributed by atoms with Gasteiger partial charge in [-0.3, -0.25) is 19.2 Å². The van der Waals surface area contributed by atoms with E-state index < -0.39 is 66.5 Å². The highest BCUT2D eigenvalue weighted by atomic mass is 16.7. The summed E-state index contributed by atoms with van der Waals surface area (Å²) in [5, 5.41) is 0. The Labute approximate surface area is 154 Å². The number of fused-ring (bicyclic) bond motifs is 1. The Hall–Kier alpha value is -2.69. The largest absolute Gasteiger partial charge is 0.463 e. The fourth-order valence-corrected chi connectivity index (χ4v) is 2.94. The van der Waals surface area contributed by atoms with Gasteiger partial charge < -0.3 is 28.4 Å². The minimum atomic E-state index is -1.40. The van der Waals surface area contributed by atoms with Crippen LogP contribution in [0.4, 0.5) is 0 Å². The second-order valence-electron chi connectivity index (χ2n) is 6.02. The van der Waals surface area contributed by atoms with Crippen molar-refractivity contribution < 1.29 is 52.4 Å². The summed E-state index contributed by atoms with van der Waals surface area (Å²) >= 11 is 0. The van der Waals surface area contributed by atoms with Crippen LogP contribution in [-0.2, 0) is 52.4 Å². The summed E-state index contributed by atoms with van der Waals surface area (Å²) in [4.78, 5) is 57.5. The maximum absolute atomic E-state index is 12.1. The molecule has 0 aliphatic carbocycles. The Kier molecular flexibility index (Phi) is 6.37. The third-order valence-electron chi connectivity index (χ3n) is 3.80. The van der Waals surface area contributed by atoms with Crippen LogP contribution in [0, 0.1) is 0 Å². The lowest BCUT2D eigenvalue weighted by Crippen LogP contribution is -2.61. The molecule has 150 valence electrons. The van der Waals surface area contributed by atoms with E-state index in [4.69, 9.17) is 28.4 Å². The van der Waals surface area contributed by atoms with Crippen LogP contribution in [0.5, 0.6) is 0 Å². The molecule has 0 N–H and O–H groups in total. The summed E-state index contributed by atoms with van der Waals surface area (Å²) in [6.45, 7) is 4.17. The Morgan fingerprint density at radius 1 is 0.815 bits per heavy atom. The average molecular weight is 388 g/mol. The van der Waals surface area contributed by atoms with E-state index in [1.165, 1.54) is 6.92 Å². The van der Waals surface area contributed by atoms with Gasteiger partial charge >= 0.3 is 29.8 Å². The predicted molar refractivity (Wildman–Crippen MR) is 81.8 cm³/mol. The molecule has 2 fully saturated rings. The maximum atomic E-state index is 12.1. The smallest absolute Gasteiger partial charge is 0.350 e. The number of carbonyl (C=O) groups is 5. The van der Waals surface area contributed by atoms with E-state index in [1.807, 2.05) is 0 Å². The Morgan fingerprint density at radius 2 is 1.37 bits per heavy atom. The van der Waals surface area contributed by atoms with E-state index in [-0.39, 0.29) is 6.61 Å². The maximum Gasteiger partial charge on any atom is 0.350 e. The lowest BCUT2D eigenvalue weighted by molar-refractivity contribution is -0.243. The lowest BCUT2D eigenvalue weighted by atomic mass is 9.93. The van der Waals surface area contributed by atoms with Crippen molar-refractivity contribution in [1.29, 1.82) is 0 Å². The summed E-state index contributed by atoms with van der Waals surface area (Å²) in [7, 11) is 0.